The van der Waals surface area contributed by atoms with E-state index in [1.54, 1.807) is 0 Å². The van der Waals surface area contributed by atoms with Gasteiger partial charge in [0, 0.05) is 51.8 Å². The number of rotatable bonds is 14. The van der Waals surface area contributed by atoms with Crippen LogP contribution in [0.2, 0.25) is 0 Å². The Hall–Kier alpha value is -3.63. The molecule has 0 aromatic heterocycles. The molecule has 1 aliphatic heterocycles. The van der Waals surface area contributed by atoms with E-state index in [1.165, 1.54) is 12.6 Å². The normalized spacial score (nSPS) is 15.6. The van der Waals surface area contributed by atoms with E-state index in [-0.39, 0.29) is 49.0 Å². The van der Waals surface area contributed by atoms with E-state index in [9.17, 15) is 19.5 Å². The number of carbonyl (C=O) groups is 3. The molecule has 256 valence electrons. The Morgan fingerprint density at radius 2 is 1.21 bits per heavy atom. The van der Waals surface area contributed by atoms with Crippen molar-refractivity contribution in [2.75, 3.05) is 37.6 Å². The van der Waals surface area contributed by atoms with Gasteiger partial charge in [-0.3, -0.25) is 19.3 Å². The van der Waals surface area contributed by atoms with Crippen molar-refractivity contribution in [3.05, 3.63) is 102 Å². The Balaban J connectivity index is 0.00000384. The van der Waals surface area contributed by atoms with Gasteiger partial charge in [-0.25, -0.2) is 0 Å². The van der Waals surface area contributed by atoms with Crippen molar-refractivity contribution in [1.82, 2.24) is 20.9 Å². The first kappa shape index (κ1) is 39.5. The van der Waals surface area contributed by atoms with E-state index in [0.717, 1.165) is 37.3 Å². The summed E-state index contributed by atoms with van der Waals surface area (Å²) >= 11 is 0. The van der Waals surface area contributed by atoms with Crippen molar-refractivity contribution in [2.24, 2.45) is 5.92 Å². The number of benzene rings is 3. The number of amides is 3. The van der Waals surface area contributed by atoms with Crippen LogP contribution in [0.5, 0.6) is 0 Å². The van der Waals surface area contributed by atoms with Crippen LogP contribution in [0.1, 0.15) is 31.9 Å². The zero-order valence-electron chi connectivity index (χ0n) is 27.4. The summed E-state index contributed by atoms with van der Waals surface area (Å²) in [5, 5.41) is 20.3. The minimum Gasteiger partial charge on any atom is -0.390 e. The van der Waals surface area contributed by atoms with Gasteiger partial charge in [-0.2, -0.15) is 0 Å². The second-order valence-corrected chi connectivity index (χ2v) is 12.2. The number of nitrogens with zero attached hydrogens (tertiary/aromatic N) is 2. The molecule has 4 N–H and O–H groups in total. The van der Waals surface area contributed by atoms with Gasteiger partial charge in [-0.1, -0.05) is 92.7 Å². The Morgan fingerprint density at radius 1 is 0.702 bits per heavy atom. The molecule has 9 nitrogen and oxygen atoms in total. The van der Waals surface area contributed by atoms with Crippen molar-refractivity contribution < 1.29 is 19.5 Å². The molecule has 4 atom stereocenters. The third-order valence-electron chi connectivity index (χ3n) is 8.25. The predicted molar refractivity (Wildman–Crippen MR) is 192 cm³/mol. The van der Waals surface area contributed by atoms with E-state index in [0.29, 0.717) is 13.0 Å². The number of para-hydroxylation sites is 1. The van der Waals surface area contributed by atoms with E-state index in [4.69, 9.17) is 0 Å². The molecule has 47 heavy (non-hydrogen) atoms. The quantitative estimate of drug-likeness (QED) is 0.206. The lowest BCUT2D eigenvalue weighted by molar-refractivity contribution is -0.133. The van der Waals surface area contributed by atoms with Crippen LogP contribution in [0, 0.1) is 5.92 Å². The predicted octanol–water partition coefficient (Wildman–Crippen LogP) is 3.63. The van der Waals surface area contributed by atoms with Crippen LogP contribution in [0.4, 0.5) is 5.69 Å². The summed E-state index contributed by atoms with van der Waals surface area (Å²) in [4.78, 5) is 43.7. The first-order chi connectivity index (χ1) is 21.7. The van der Waals surface area contributed by atoms with E-state index < -0.39 is 30.1 Å². The van der Waals surface area contributed by atoms with Gasteiger partial charge in [0.05, 0.1) is 12.1 Å². The number of β-amino-alcohol motifs (C(OH)–C–C–N with tert-alkyl or cyclic N) is 1. The summed E-state index contributed by atoms with van der Waals surface area (Å²) in [6.45, 7) is 8.76. The lowest BCUT2D eigenvalue weighted by Crippen LogP contribution is -2.59. The number of hydrogen-bond acceptors (Lipinski definition) is 6. The van der Waals surface area contributed by atoms with E-state index >= 15 is 0 Å². The molecule has 3 amide bonds. The molecule has 0 unspecified atom stereocenters. The second kappa shape index (κ2) is 19.9. The van der Waals surface area contributed by atoms with Crippen LogP contribution in [0.15, 0.2) is 91.0 Å². The molecule has 1 fully saturated rings. The zero-order valence-corrected chi connectivity index (χ0v) is 29.0. The number of nitrogens with one attached hydrogen (secondary N) is 3. The fraction of sp³-hybridized carbons (Fsp3) is 0.417. The van der Waals surface area contributed by atoms with Crippen LogP contribution in [0.3, 0.4) is 0 Å². The molecule has 4 rings (SSSR count). The smallest absolute Gasteiger partial charge is 0.243 e. The maximum atomic E-state index is 14.0. The van der Waals surface area contributed by atoms with Gasteiger partial charge in [0.2, 0.25) is 17.7 Å². The van der Waals surface area contributed by atoms with Crippen LogP contribution in [-0.4, -0.2) is 84.7 Å². The van der Waals surface area contributed by atoms with Gasteiger partial charge in [0.25, 0.3) is 0 Å². The highest BCUT2D eigenvalue weighted by molar-refractivity contribution is 5.92. The highest BCUT2D eigenvalue weighted by atomic mass is 35.5. The minimum absolute atomic E-state index is 0. The molecule has 3 aromatic rings. The van der Waals surface area contributed by atoms with Gasteiger partial charge < -0.3 is 26.0 Å². The van der Waals surface area contributed by atoms with E-state index in [1.807, 2.05) is 92.7 Å². The third kappa shape index (κ3) is 12.5. The highest BCUT2D eigenvalue weighted by Crippen LogP contribution is 2.17. The number of aliphatic hydroxyl groups is 1. The van der Waals surface area contributed by atoms with Gasteiger partial charge in [-0.15, -0.1) is 24.8 Å². The molecular formula is C36H49Cl2N5O4. The van der Waals surface area contributed by atoms with Crippen LogP contribution >= 0.6 is 24.8 Å². The minimum atomic E-state index is -0.908. The maximum Gasteiger partial charge on any atom is 0.243 e. The first-order valence-electron chi connectivity index (χ1n) is 15.9. The van der Waals surface area contributed by atoms with Crippen molar-refractivity contribution >= 4 is 48.2 Å². The fourth-order valence-electron chi connectivity index (χ4n) is 5.73. The SMILES string of the molecule is CC(=O)N[C@H](C(=O)N[C@@H](Cc1ccccc1)C(=O)N[C@@H](Cc1ccccc1)[C@@H](O)CN1CCN(c2ccccc2)CC1)C(C)C.Cl.Cl. The number of aliphatic hydroxyl groups excluding tert-OH is 1. The summed E-state index contributed by atoms with van der Waals surface area (Å²) in [6, 6.07) is 27.3. The lowest BCUT2D eigenvalue weighted by Gasteiger charge is -2.38. The number of halogens is 2. The largest absolute Gasteiger partial charge is 0.390 e. The Morgan fingerprint density at radius 3 is 1.72 bits per heavy atom. The third-order valence-corrected chi connectivity index (χ3v) is 8.25. The maximum absolute atomic E-state index is 14.0. The number of anilines is 1. The van der Waals surface area contributed by atoms with Crippen LogP contribution in [0.25, 0.3) is 0 Å². The average molecular weight is 687 g/mol. The summed E-state index contributed by atoms with van der Waals surface area (Å²) < 4.78 is 0. The fourth-order valence-corrected chi connectivity index (χ4v) is 5.73. The van der Waals surface area contributed by atoms with E-state index in [2.05, 4.69) is 37.9 Å². The van der Waals surface area contributed by atoms with Crippen molar-refractivity contribution in [3.8, 4) is 0 Å². The summed E-state index contributed by atoms with van der Waals surface area (Å²) in [5.74, 6) is -1.30. The molecule has 11 heteroatoms. The van der Waals surface area contributed by atoms with Crippen LogP contribution in [-0.2, 0) is 27.2 Å². The lowest BCUT2D eigenvalue weighted by atomic mass is 9.98. The zero-order chi connectivity index (χ0) is 32.2. The molecule has 0 bridgehead atoms. The summed E-state index contributed by atoms with van der Waals surface area (Å²) in [7, 11) is 0. The Labute approximate surface area is 291 Å². The molecule has 0 aliphatic carbocycles. The molecular weight excluding hydrogens is 637 g/mol. The number of piperazine rings is 1. The number of carbonyl (C=O) groups excluding carboxylic acids is 3. The Kier molecular flexibility index (Phi) is 16.7. The molecule has 0 spiro atoms. The topological polar surface area (TPSA) is 114 Å². The van der Waals surface area contributed by atoms with Gasteiger partial charge in [-0.05, 0) is 35.6 Å². The number of hydrogen-bond donors (Lipinski definition) is 4. The molecule has 3 aromatic carbocycles. The summed E-state index contributed by atoms with van der Waals surface area (Å²) in [5.41, 5.74) is 3.07. The highest BCUT2D eigenvalue weighted by Gasteiger charge is 2.32. The molecule has 1 aliphatic rings. The van der Waals surface area contributed by atoms with Crippen molar-refractivity contribution in [2.45, 2.75) is 57.8 Å². The molecule has 0 saturated carbocycles. The summed E-state index contributed by atoms with van der Waals surface area (Å²) in [6.07, 6.45) is -0.142. The standard InChI is InChI=1S/C36H47N5O4.2ClH/c1-26(2)34(37-27(3)42)36(45)39-32(24-29-15-9-5-10-16-29)35(44)38-31(23-28-13-7-4-8-14-28)33(43)25-40-19-21-41(22-20-40)30-17-11-6-12-18-30;;/h4-18,26,31-34,43H,19-25H2,1-3H3,(H,37,42)(H,38,44)(H,39,45);2*1H/t31-,32-,33-,34-;;/m0../s1. The second-order valence-electron chi connectivity index (χ2n) is 12.2. The first-order valence-corrected chi connectivity index (χ1v) is 15.9. The Bertz CT molecular complexity index is 1360. The van der Waals surface area contributed by atoms with Gasteiger partial charge >= 0.3 is 0 Å². The van der Waals surface area contributed by atoms with Crippen LogP contribution < -0.4 is 20.9 Å². The van der Waals surface area contributed by atoms with Gasteiger partial charge in [0.15, 0.2) is 0 Å². The molecule has 0 radical (unpaired) electrons. The monoisotopic (exact) mass is 685 g/mol. The van der Waals surface area contributed by atoms with Crippen molar-refractivity contribution in [3.63, 3.8) is 0 Å². The molecule has 1 saturated heterocycles. The average Bonchev–Trinajstić information content (AvgIpc) is 3.04. The van der Waals surface area contributed by atoms with Crippen molar-refractivity contribution in [1.29, 1.82) is 0 Å². The van der Waals surface area contributed by atoms with Gasteiger partial charge in [0.1, 0.15) is 12.1 Å². The molecule has 1 heterocycles.